The van der Waals surface area contributed by atoms with Crippen LogP contribution in [0.15, 0.2) is 18.2 Å². The minimum Gasteiger partial charge on any atom is -0.359 e. The number of anilines is 1. The number of amides is 2. The van der Waals surface area contributed by atoms with Gasteiger partial charge in [-0.1, -0.05) is 0 Å². The van der Waals surface area contributed by atoms with Crippen molar-refractivity contribution in [3.05, 3.63) is 29.8 Å². The highest BCUT2D eigenvalue weighted by atomic mass is 19.1. The molecule has 1 fully saturated rings. The number of benzene rings is 1. The van der Waals surface area contributed by atoms with Crippen molar-refractivity contribution in [1.82, 2.24) is 4.90 Å². The van der Waals surface area contributed by atoms with Crippen molar-refractivity contribution >= 4 is 11.7 Å². The molecule has 1 aromatic carbocycles. The van der Waals surface area contributed by atoms with Crippen LogP contribution in [0.3, 0.4) is 0 Å². The van der Waals surface area contributed by atoms with Gasteiger partial charge in [0.2, 0.25) is 0 Å². The van der Waals surface area contributed by atoms with Gasteiger partial charge in [-0.05, 0) is 26.0 Å². The highest BCUT2D eigenvalue weighted by molar-refractivity contribution is 5.90. The molecule has 0 radical (unpaired) electrons. The van der Waals surface area contributed by atoms with E-state index in [1.165, 1.54) is 11.0 Å². The molecule has 0 bridgehead atoms. The number of rotatable bonds is 1. The molecule has 0 atom stereocenters. The normalized spacial score (nSPS) is 17.9. The molecule has 0 unspecified atom stereocenters. The molecule has 0 aromatic heterocycles. The fourth-order valence-electron chi connectivity index (χ4n) is 1.75. The summed E-state index contributed by atoms with van der Waals surface area (Å²) in [5, 5.41) is 2.40. The van der Waals surface area contributed by atoms with Gasteiger partial charge in [0, 0.05) is 6.07 Å². The SMILES string of the molecule is CC1(C)COCN1C(=O)Nc1ccc(F)cc1F. The lowest BCUT2D eigenvalue weighted by molar-refractivity contribution is 0.147. The Hall–Kier alpha value is -1.69. The number of hydrogen-bond donors (Lipinski definition) is 1. The second kappa shape index (κ2) is 4.53. The lowest BCUT2D eigenvalue weighted by Gasteiger charge is -2.29. The zero-order chi connectivity index (χ0) is 13.3. The van der Waals surface area contributed by atoms with Crippen LogP contribution in [0, 0.1) is 11.6 Å². The molecule has 6 heteroatoms. The van der Waals surface area contributed by atoms with E-state index >= 15 is 0 Å². The van der Waals surface area contributed by atoms with E-state index in [-0.39, 0.29) is 12.4 Å². The Bertz CT molecular complexity index is 477. The van der Waals surface area contributed by atoms with Crippen LogP contribution in [-0.4, -0.2) is 29.8 Å². The fourth-order valence-corrected chi connectivity index (χ4v) is 1.75. The van der Waals surface area contributed by atoms with Crippen LogP contribution in [0.1, 0.15) is 13.8 Å². The topological polar surface area (TPSA) is 41.6 Å². The van der Waals surface area contributed by atoms with Gasteiger partial charge in [0.05, 0.1) is 17.8 Å². The summed E-state index contributed by atoms with van der Waals surface area (Å²) in [6.45, 7) is 4.27. The van der Waals surface area contributed by atoms with E-state index in [1.54, 1.807) is 0 Å². The maximum atomic E-state index is 13.4. The predicted octanol–water partition coefficient (Wildman–Crippen LogP) is 2.57. The van der Waals surface area contributed by atoms with Crippen LogP contribution < -0.4 is 5.32 Å². The van der Waals surface area contributed by atoms with E-state index in [0.717, 1.165) is 12.1 Å². The Labute approximate surface area is 104 Å². The monoisotopic (exact) mass is 256 g/mol. The molecule has 1 aliphatic heterocycles. The summed E-state index contributed by atoms with van der Waals surface area (Å²) >= 11 is 0. The van der Waals surface area contributed by atoms with Gasteiger partial charge in [-0.3, -0.25) is 4.90 Å². The minimum atomic E-state index is -0.804. The number of halogens is 2. The summed E-state index contributed by atoms with van der Waals surface area (Å²) in [7, 11) is 0. The quantitative estimate of drug-likeness (QED) is 0.839. The molecular formula is C12H14F2N2O2. The molecule has 1 aliphatic rings. The Balaban J connectivity index is 2.12. The number of nitrogens with one attached hydrogen (secondary N) is 1. The summed E-state index contributed by atoms with van der Waals surface area (Å²) in [6.07, 6.45) is 0. The molecule has 18 heavy (non-hydrogen) atoms. The third-order valence-electron chi connectivity index (χ3n) is 2.82. The summed E-state index contributed by atoms with van der Waals surface area (Å²) in [6, 6.07) is 2.53. The smallest absolute Gasteiger partial charge is 0.324 e. The molecule has 0 saturated carbocycles. The van der Waals surface area contributed by atoms with E-state index in [1.807, 2.05) is 13.8 Å². The van der Waals surface area contributed by atoms with Crippen molar-refractivity contribution in [1.29, 1.82) is 0 Å². The highest BCUT2D eigenvalue weighted by Crippen LogP contribution is 2.23. The average Bonchev–Trinajstić information content (AvgIpc) is 2.62. The summed E-state index contributed by atoms with van der Waals surface area (Å²) in [4.78, 5) is 13.4. The van der Waals surface area contributed by atoms with Gasteiger partial charge < -0.3 is 10.1 Å². The third kappa shape index (κ3) is 2.43. The van der Waals surface area contributed by atoms with Crippen molar-refractivity contribution in [3.8, 4) is 0 Å². The first kappa shape index (κ1) is 12.8. The van der Waals surface area contributed by atoms with Gasteiger partial charge in [0.15, 0.2) is 0 Å². The van der Waals surface area contributed by atoms with Crippen molar-refractivity contribution in [2.45, 2.75) is 19.4 Å². The van der Waals surface area contributed by atoms with Gasteiger partial charge in [0.1, 0.15) is 18.4 Å². The zero-order valence-corrected chi connectivity index (χ0v) is 10.2. The Morgan fingerprint density at radius 1 is 1.44 bits per heavy atom. The van der Waals surface area contributed by atoms with Gasteiger partial charge in [-0.15, -0.1) is 0 Å². The van der Waals surface area contributed by atoms with Gasteiger partial charge >= 0.3 is 6.03 Å². The highest BCUT2D eigenvalue weighted by Gasteiger charge is 2.36. The average molecular weight is 256 g/mol. The van der Waals surface area contributed by atoms with E-state index in [9.17, 15) is 13.6 Å². The molecule has 4 nitrogen and oxygen atoms in total. The standard InChI is InChI=1S/C12H14F2N2O2/c1-12(2)6-18-7-16(12)11(17)15-10-4-3-8(13)5-9(10)14/h3-5H,6-7H2,1-2H3,(H,15,17). The van der Waals surface area contributed by atoms with Crippen LogP contribution >= 0.6 is 0 Å². The summed E-state index contributed by atoms with van der Waals surface area (Å²) in [5.41, 5.74) is -0.496. The van der Waals surface area contributed by atoms with Crippen molar-refractivity contribution < 1.29 is 18.3 Å². The first-order valence-electron chi connectivity index (χ1n) is 5.51. The Morgan fingerprint density at radius 2 is 2.17 bits per heavy atom. The van der Waals surface area contributed by atoms with Gasteiger partial charge in [-0.25, -0.2) is 13.6 Å². The fraction of sp³-hybridized carbons (Fsp3) is 0.417. The van der Waals surface area contributed by atoms with E-state index < -0.39 is 23.2 Å². The molecule has 1 saturated heterocycles. The number of carbonyl (C=O) groups is 1. The summed E-state index contributed by atoms with van der Waals surface area (Å²) < 4.78 is 31.3. The molecule has 2 amide bonds. The first-order valence-corrected chi connectivity index (χ1v) is 5.51. The van der Waals surface area contributed by atoms with Gasteiger partial charge in [0.25, 0.3) is 0 Å². The minimum absolute atomic E-state index is 0.0518. The van der Waals surface area contributed by atoms with Gasteiger partial charge in [-0.2, -0.15) is 0 Å². The number of nitrogens with zero attached hydrogens (tertiary/aromatic N) is 1. The predicted molar refractivity (Wildman–Crippen MR) is 62.1 cm³/mol. The van der Waals surface area contributed by atoms with Crippen LogP contribution in [0.5, 0.6) is 0 Å². The Kier molecular flexibility index (Phi) is 3.21. The molecule has 0 spiro atoms. The molecule has 1 aromatic rings. The molecule has 2 rings (SSSR count). The molecule has 1 heterocycles. The lowest BCUT2D eigenvalue weighted by atomic mass is 10.1. The van der Waals surface area contributed by atoms with Crippen LogP contribution in [0.25, 0.3) is 0 Å². The van der Waals surface area contributed by atoms with Crippen LogP contribution in [0.2, 0.25) is 0 Å². The summed E-state index contributed by atoms with van der Waals surface area (Å²) in [5.74, 6) is -1.49. The number of carbonyl (C=O) groups excluding carboxylic acids is 1. The number of ether oxygens (including phenoxy) is 1. The molecular weight excluding hydrogens is 242 g/mol. The van der Waals surface area contributed by atoms with Crippen molar-refractivity contribution in [3.63, 3.8) is 0 Å². The number of hydrogen-bond acceptors (Lipinski definition) is 2. The first-order chi connectivity index (χ1) is 8.40. The lowest BCUT2D eigenvalue weighted by Crippen LogP contribution is -2.46. The molecule has 1 N–H and O–H groups in total. The maximum absolute atomic E-state index is 13.4. The van der Waals surface area contributed by atoms with Crippen LogP contribution in [0.4, 0.5) is 19.3 Å². The Morgan fingerprint density at radius 3 is 2.72 bits per heavy atom. The molecule has 98 valence electrons. The zero-order valence-electron chi connectivity index (χ0n) is 10.2. The van der Waals surface area contributed by atoms with Crippen LogP contribution in [-0.2, 0) is 4.74 Å². The number of urea groups is 1. The van der Waals surface area contributed by atoms with E-state index in [4.69, 9.17) is 4.74 Å². The largest absolute Gasteiger partial charge is 0.359 e. The van der Waals surface area contributed by atoms with Crippen molar-refractivity contribution in [2.24, 2.45) is 0 Å². The maximum Gasteiger partial charge on any atom is 0.324 e. The van der Waals surface area contributed by atoms with E-state index in [2.05, 4.69) is 5.32 Å². The second-order valence-corrected chi connectivity index (χ2v) is 4.77. The third-order valence-corrected chi connectivity index (χ3v) is 2.82. The van der Waals surface area contributed by atoms with E-state index in [0.29, 0.717) is 6.61 Å². The molecule has 0 aliphatic carbocycles. The second-order valence-electron chi connectivity index (χ2n) is 4.77. The van der Waals surface area contributed by atoms with Crippen molar-refractivity contribution in [2.75, 3.05) is 18.7 Å².